The van der Waals surface area contributed by atoms with E-state index in [1.165, 1.54) is 13.7 Å². The molecule has 0 N–H and O–H groups in total. The van der Waals surface area contributed by atoms with E-state index >= 15 is 0 Å². The standard InChI is InChI=1S/C9H6BrIOS/c1-12-8-6(10)4-7(11)5-2-3-13-9(5)8/h2-4H,1H3. The summed E-state index contributed by atoms with van der Waals surface area (Å²) in [4.78, 5) is 0. The van der Waals surface area contributed by atoms with Crippen molar-refractivity contribution in [2.24, 2.45) is 0 Å². The summed E-state index contributed by atoms with van der Waals surface area (Å²) in [5.41, 5.74) is 0. The number of methoxy groups -OCH3 is 1. The quantitative estimate of drug-likeness (QED) is 0.683. The highest BCUT2D eigenvalue weighted by Gasteiger charge is 2.10. The van der Waals surface area contributed by atoms with Gasteiger partial charge < -0.3 is 4.74 Å². The summed E-state index contributed by atoms with van der Waals surface area (Å²) in [5, 5.41) is 3.35. The molecule has 0 fully saturated rings. The molecule has 0 bridgehead atoms. The maximum atomic E-state index is 5.33. The second-order valence-electron chi connectivity index (χ2n) is 2.54. The van der Waals surface area contributed by atoms with E-state index in [0.717, 1.165) is 10.2 Å². The molecule has 0 saturated heterocycles. The molecule has 0 saturated carbocycles. The highest BCUT2D eigenvalue weighted by Crippen LogP contribution is 2.39. The molecular formula is C9H6BrIOS. The first-order chi connectivity index (χ1) is 6.24. The zero-order valence-electron chi connectivity index (χ0n) is 6.80. The van der Waals surface area contributed by atoms with Crippen LogP contribution in [0.4, 0.5) is 0 Å². The summed E-state index contributed by atoms with van der Waals surface area (Å²) in [6, 6.07) is 4.20. The van der Waals surface area contributed by atoms with E-state index in [1.807, 2.05) is 0 Å². The number of fused-ring (bicyclic) bond motifs is 1. The van der Waals surface area contributed by atoms with Crippen molar-refractivity contribution in [3.63, 3.8) is 0 Å². The molecule has 13 heavy (non-hydrogen) atoms. The third kappa shape index (κ3) is 1.59. The Hall–Kier alpha value is 0.190. The van der Waals surface area contributed by atoms with Crippen LogP contribution in [-0.2, 0) is 0 Å². The van der Waals surface area contributed by atoms with Gasteiger partial charge in [-0.25, -0.2) is 0 Å². The lowest BCUT2D eigenvalue weighted by atomic mass is 10.2. The Morgan fingerprint density at radius 1 is 1.54 bits per heavy atom. The first-order valence-electron chi connectivity index (χ1n) is 3.63. The molecule has 1 heterocycles. The molecule has 4 heteroatoms. The van der Waals surface area contributed by atoms with Gasteiger partial charge in [-0.05, 0) is 56.0 Å². The first-order valence-corrected chi connectivity index (χ1v) is 6.38. The van der Waals surface area contributed by atoms with Crippen LogP contribution in [0.2, 0.25) is 0 Å². The van der Waals surface area contributed by atoms with Crippen molar-refractivity contribution >= 4 is 59.9 Å². The Kier molecular flexibility index (Phi) is 2.80. The monoisotopic (exact) mass is 368 g/mol. The minimum Gasteiger partial charge on any atom is -0.494 e. The molecule has 0 amide bonds. The Morgan fingerprint density at radius 3 is 3.00 bits per heavy atom. The molecule has 0 spiro atoms. The van der Waals surface area contributed by atoms with Gasteiger partial charge in [-0.2, -0.15) is 0 Å². The van der Waals surface area contributed by atoms with E-state index in [4.69, 9.17) is 4.74 Å². The summed E-state index contributed by atoms with van der Waals surface area (Å²) in [6.07, 6.45) is 0. The number of thiophene rings is 1. The van der Waals surface area contributed by atoms with Crippen molar-refractivity contribution in [1.82, 2.24) is 0 Å². The van der Waals surface area contributed by atoms with Crippen molar-refractivity contribution in [2.75, 3.05) is 7.11 Å². The zero-order valence-corrected chi connectivity index (χ0v) is 11.4. The van der Waals surface area contributed by atoms with Gasteiger partial charge in [0.05, 0.1) is 16.3 Å². The van der Waals surface area contributed by atoms with Crippen LogP contribution in [0.5, 0.6) is 5.75 Å². The van der Waals surface area contributed by atoms with Crippen LogP contribution in [0.1, 0.15) is 0 Å². The molecule has 0 aliphatic rings. The van der Waals surface area contributed by atoms with Gasteiger partial charge in [0.15, 0.2) is 5.75 Å². The Morgan fingerprint density at radius 2 is 2.31 bits per heavy atom. The molecule has 0 aliphatic carbocycles. The number of benzene rings is 1. The SMILES string of the molecule is COc1c(Br)cc(I)c2ccsc12. The van der Waals surface area contributed by atoms with E-state index in [-0.39, 0.29) is 0 Å². The van der Waals surface area contributed by atoms with Gasteiger partial charge in [0, 0.05) is 8.96 Å². The Labute approximate surface area is 102 Å². The van der Waals surface area contributed by atoms with Crippen molar-refractivity contribution in [2.45, 2.75) is 0 Å². The minimum absolute atomic E-state index is 0.936. The number of ether oxygens (including phenoxy) is 1. The molecule has 68 valence electrons. The molecular weight excluding hydrogens is 363 g/mol. The van der Waals surface area contributed by atoms with Gasteiger partial charge in [-0.1, -0.05) is 0 Å². The third-order valence-corrected chi connectivity index (χ3v) is 4.20. The van der Waals surface area contributed by atoms with Crippen LogP contribution in [0.15, 0.2) is 22.0 Å². The lowest BCUT2D eigenvalue weighted by molar-refractivity contribution is 0.418. The average molecular weight is 369 g/mol. The summed E-state index contributed by atoms with van der Waals surface area (Å²) in [7, 11) is 1.70. The summed E-state index contributed by atoms with van der Waals surface area (Å²) in [6.45, 7) is 0. The van der Waals surface area contributed by atoms with Gasteiger partial charge >= 0.3 is 0 Å². The molecule has 1 nitrogen and oxygen atoms in total. The highest BCUT2D eigenvalue weighted by molar-refractivity contribution is 14.1. The molecule has 0 aliphatic heterocycles. The fourth-order valence-electron chi connectivity index (χ4n) is 1.23. The molecule has 2 rings (SSSR count). The van der Waals surface area contributed by atoms with E-state index in [0.29, 0.717) is 0 Å². The van der Waals surface area contributed by atoms with Crippen molar-refractivity contribution in [1.29, 1.82) is 0 Å². The van der Waals surface area contributed by atoms with Crippen LogP contribution in [-0.4, -0.2) is 7.11 Å². The second kappa shape index (κ2) is 3.74. The van der Waals surface area contributed by atoms with Crippen LogP contribution in [0.25, 0.3) is 10.1 Å². The summed E-state index contributed by atoms with van der Waals surface area (Å²) in [5.74, 6) is 0.936. The lowest BCUT2D eigenvalue weighted by Gasteiger charge is -2.05. The van der Waals surface area contributed by atoms with Gasteiger partial charge in [-0.3, -0.25) is 0 Å². The van der Waals surface area contributed by atoms with Crippen LogP contribution < -0.4 is 4.74 Å². The highest BCUT2D eigenvalue weighted by atomic mass is 127. The topological polar surface area (TPSA) is 9.23 Å². The summed E-state index contributed by atoms with van der Waals surface area (Å²) >= 11 is 7.53. The van der Waals surface area contributed by atoms with Crippen molar-refractivity contribution in [3.8, 4) is 5.75 Å². The van der Waals surface area contributed by atoms with Gasteiger partial charge in [0.25, 0.3) is 0 Å². The minimum atomic E-state index is 0.936. The smallest absolute Gasteiger partial charge is 0.150 e. The maximum Gasteiger partial charge on any atom is 0.150 e. The number of halogens is 2. The van der Waals surface area contributed by atoms with Gasteiger partial charge in [0.2, 0.25) is 0 Å². The predicted molar refractivity (Wildman–Crippen MR) is 68.8 cm³/mol. The van der Waals surface area contributed by atoms with E-state index in [2.05, 4.69) is 56.0 Å². The average Bonchev–Trinajstić information content (AvgIpc) is 2.53. The van der Waals surface area contributed by atoms with Gasteiger partial charge in [-0.15, -0.1) is 11.3 Å². The van der Waals surface area contributed by atoms with Crippen LogP contribution in [0, 0.1) is 3.57 Å². The second-order valence-corrected chi connectivity index (χ2v) is 5.47. The van der Waals surface area contributed by atoms with E-state index in [1.54, 1.807) is 18.4 Å². The zero-order chi connectivity index (χ0) is 9.42. The lowest BCUT2D eigenvalue weighted by Crippen LogP contribution is -1.85. The molecule has 0 radical (unpaired) electrons. The van der Waals surface area contributed by atoms with Crippen LogP contribution in [0.3, 0.4) is 0 Å². The van der Waals surface area contributed by atoms with Crippen molar-refractivity contribution in [3.05, 3.63) is 25.6 Å². The Balaban J connectivity index is 2.88. The fourth-order valence-corrected chi connectivity index (χ4v) is 4.26. The van der Waals surface area contributed by atoms with Crippen LogP contribution >= 0.6 is 49.9 Å². The molecule has 2 aromatic rings. The molecule has 1 aromatic heterocycles. The normalized spacial score (nSPS) is 10.7. The first kappa shape index (κ1) is 9.73. The van der Waals surface area contributed by atoms with E-state index in [9.17, 15) is 0 Å². The molecule has 0 atom stereocenters. The number of hydrogen-bond donors (Lipinski definition) is 0. The fraction of sp³-hybridized carbons (Fsp3) is 0.111. The van der Waals surface area contributed by atoms with E-state index < -0.39 is 0 Å². The molecule has 0 unspecified atom stereocenters. The third-order valence-electron chi connectivity index (χ3n) is 1.80. The predicted octanol–water partition coefficient (Wildman–Crippen LogP) is 4.28. The maximum absolute atomic E-state index is 5.33. The number of hydrogen-bond acceptors (Lipinski definition) is 2. The van der Waals surface area contributed by atoms with Gasteiger partial charge in [0.1, 0.15) is 0 Å². The van der Waals surface area contributed by atoms with Crippen molar-refractivity contribution < 1.29 is 4.74 Å². The number of rotatable bonds is 1. The Bertz CT molecular complexity index is 452. The largest absolute Gasteiger partial charge is 0.494 e. The summed E-state index contributed by atoms with van der Waals surface area (Å²) < 4.78 is 8.82. The molecule has 1 aromatic carbocycles.